The molecule has 0 spiro atoms. The molecule has 3 heteroatoms. The van der Waals surface area contributed by atoms with Crippen molar-refractivity contribution in [1.29, 1.82) is 0 Å². The first-order valence-corrected chi connectivity index (χ1v) is 8.95. The third kappa shape index (κ3) is 5.58. The number of rotatable bonds is 10. The summed E-state index contributed by atoms with van der Waals surface area (Å²) in [6.07, 6.45) is 8.36. The Morgan fingerprint density at radius 1 is 1.09 bits per heavy atom. The van der Waals surface area contributed by atoms with E-state index < -0.39 is 0 Å². The van der Waals surface area contributed by atoms with Crippen molar-refractivity contribution in [3.05, 3.63) is 35.1 Å². The van der Waals surface area contributed by atoms with E-state index in [0.29, 0.717) is 12.5 Å². The van der Waals surface area contributed by atoms with Crippen LogP contribution in [0.4, 0.5) is 0 Å². The quantitative estimate of drug-likeness (QED) is 0.642. The number of unbranched alkanes of at least 4 members (excludes halogenated alkanes) is 3. The van der Waals surface area contributed by atoms with Gasteiger partial charge in [-0.15, -0.1) is 0 Å². The molecule has 1 N–H and O–H groups in total. The van der Waals surface area contributed by atoms with Gasteiger partial charge < -0.3 is 14.6 Å². The molecule has 0 heterocycles. The summed E-state index contributed by atoms with van der Waals surface area (Å²) >= 11 is 0. The maximum atomic E-state index is 8.76. The van der Waals surface area contributed by atoms with Crippen LogP contribution in [0.1, 0.15) is 57.1 Å². The number of ether oxygens (including phenoxy) is 2. The maximum Gasteiger partial charge on any atom is 0.119 e. The van der Waals surface area contributed by atoms with Gasteiger partial charge in [0.25, 0.3) is 0 Å². The van der Waals surface area contributed by atoms with Crippen molar-refractivity contribution >= 4 is 6.08 Å². The maximum absolute atomic E-state index is 8.76. The highest BCUT2D eigenvalue weighted by Crippen LogP contribution is 2.31. The molecule has 1 aliphatic carbocycles. The van der Waals surface area contributed by atoms with Gasteiger partial charge in [-0.3, -0.25) is 0 Å². The lowest BCUT2D eigenvalue weighted by atomic mass is 9.89. The summed E-state index contributed by atoms with van der Waals surface area (Å²) < 4.78 is 11.7. The Morgan fingerprint density at radius 2 is 1.91 bits per heavy atom. The average Bonchev–Trinajstić information content (AvgIpc) is 2.56. The highest BCUT2D eigenvalue weighted by molar-refractivity contribution is 5.60. The molecule has 0 saturated heterocycles. The van der Waals surface area contributed by atoms with Crippen LogP contribution in [0.3, 0.4) is 0 Å². The molecule has 3 nitrogen and oxygen atoms in total. The van der Waals surface area contributed by atoms with Crippen LogP contribution >= 0.6 is 0 Å². The number of fused-ring (bicyclic) bond motifs is 1. The van der Waals surface area contributed by atoms with Gasteiger partial charge in [-0.2, -0.15) is 0 Å². The highest BCUT2D eigenvalue weighted by atomic mass is 16.5. The topological polar surface area (TPSA) is 38.7 Å². The number of allylic oxidation sites excluding steroid dienone is 1. The van der Waals surface area contributed by atoms with Crippen molar-refractivity contribution in [3.8, 4) is 5.75 Å². The number of hydrogen-bond acceptors (Lipinski definition) is 3. The van der Waals surface area contributed by atoms with Gasteiger partial charge in [-0.1, -0.05) is 26.3 Å². The number of benzene rings is 1. The minimum atomic E-state index is 0.293. The van der Waals surface area contributed by atoms with Crippen LogP contribution in [0.15, 0.2) is 24.0 Å². The lowest BCUT2D eigenvalue weighted by molar-refractivity contribution is 0.183. The second-order valence-electron chi connectivity index (χ2n) is 6.35. The lowest BCUT2D eigenvalue weighted by Crippen LogP contribution is -2.13. The normalized spacial score (nSPS) is 16.7. The number of aliphatic hydroxyl groups excluding tert-OH is 1. The fraction of sp³-hybridized carbons (Fsp3) is 0.600. The molecular formula is C20H30O3. The van der Waals surface area contributed by atoms with Crippen LogP contribution in [0.2, 0.25) is 0 Å². The van der Waals surface area contributed by atoms with Gasteiger partial charge >= 0.3 is 0 Å². The second-order valence-corrected chi connectivity index (χ2v) is 6.35. The van der Waals surface area contributed by atoms with E-state index in [2.05, 4.69) is 38.1 Å². The van der Waals surface area contributed by atoms with Crippen LogP contribution in [-0.4, -0.2) is 24.9 Å². The molecule has 1 aromatic carbocycles. The summed E-state index contributed by atoms with van der Waals surface area (Å²) in [5, 5.41) is 8.76. The molecule has 128 valence electrons. The van der Waals surface area contributed by atoms with Crippen LogP contribution in [0.25, 0.3) is 6.08 Å². The molecular weight excluding hydrogens is 288 g/mol. The zero-order chi connectivity index (χ0) is 16.5. The van der Waals surface area contributed by atoms with Gasteiger partial charge in [-0.25, -0.2) is 0 Å². The summed E-state index contributed by atoms with van der Waals surface area (Å²) in [6, 6.07) is 6.36. The number of hydrogen-bond donors (Lipinski definition) is 1. The van der Waals surface area contributed by atoms with Gasteiger partial charge in [0, 0.05) is 12.5 Å². The van der Waals surface area contributed by atoms with E-state index in [4.69, 9.17) is 14.6 Å². The van der Waals surface area contributed by atoms with E-state index in [1.54, 1.807) is 0 Å². The van der Waals surface area contributed by atoms with Gasteiger partial charge in [0.05, 0.1) is 19.0 Å². The van der Waals surface area contributed by atoms with Crippen LogP contribution in [0.5, 0.6) is 5.75 Å². The van der Waals surface area contributed by atoms with E-state index in [9.17, 15) is 0 Å². The third-order valence-electron chi connectivity index (χ3n) is 4.22. The van der Waals surface area contributed by atoms with Crippen molar-refractivity contribution in [2.75, 3.05) is 19.8 Å². The molecule has 0 aliphatic heterocycles. The molecule has 0 radical (unpaired) electrons. The first-order valence-electron chi connectivity index (χ1n) is 8.95. The summed E-state index contributed by atoms with van der Waals surface area (Å²) in [4.78, 5) is 0. The van der Waals surface area contributed by atoms with E-state index >= 15 is 0 Å². The summed E-state index contributed by atoms with van der Waals surface area (Å²) in [5.41, 5.74) is 2.60. The van der Waals surface area contributed by atoms with E-state index in [-0.39, 0.29) is 0 Å². The Hall–Kier alpha value is -1.48. The molecule has 1 atom stereocenters. The molecule has 0 aromatic heterocycles. The average molecular weight is 318 g/mol. The van der Waals surface area contributed by atoms with E-state index in [1.165, 1.54) is 11.1 Å². The molecule has 1 aliphatic rings. The Kier molecular flexibility index (Phi) is 7.47. The molecule has 0 saturated carbocycles. The Balaban J connectivity index is 1.88. The highest BCUT2D eigenvalue weighted by Gasteiger charge is 2.19. The van der Waals surface area contributed by atoms with Crippen LogP contribution in [-0.2, 0) is 11.2 Å². The standard InChI is InChI=1S/C20H30O3/c1-3-11-23-20-15-17-8-9-19(14-18(17)13-16(20)2)22-12-7-5-4-6-10-21/h8-9,14-16,21H,3-7,10-13H2,1-2H3. The van der Waals surface area contributed by atoms with Gasteiger partial charge in [0.15, 0.2) is 0 Å². The fourth-order valence-corrected chi connectivity index (χ4v) is 2.88. The summed E-state index contributed by atoms with van der Waals surface area (Å²) in [6.45, 7) is 6.19. The van der Waals surface area contributed by atoms with Crippen LogP contribution < -0.4 is 4.74 Å². The van der Waals surface area contributed by atoms with Gasteiger partial charge in [0.2, 0.25) is 0 Å². The molecule has 0 fully saturated rings. The monoisotopic (exact) mass is 318 g/mol. The fourth-order valence-electron chi connectivity index (χ4n) is 2.88. The minimum absolute atomic E-state index is 0.293. The Labute approximate surface area is 140 Å². The van der Waals surface area contributed by atoms with Crippen molar-refractivity contribution in [2.24, 2.45) is 5.92 Å². The number of aliphatic hydroxyl groups is 1. The molecule has 0 amide bonds. The molecule has 2 rings (SSSR count). The second kappa shape index (κ2) is 9.61. The first-order chi connectivity index (χ1) is 11.2. The van der Waals surface area contributed by atoms with Gasteiger partial charge in [-0.05, 0) is 61.4 Å². The minimum Gasteiger partial charge on any atom is -0.498 e. The predicted molar refractivity (Wildman–Crippen MR) is 94.6 cm³/mol. The zero-order valence-corrected chi connectivity index (χ0v) is 14.5. The predicted octanol–water partition coefficient (Wildman–Crippen LogP) is 4.58. The molecule has 0 bridgehead atoms. The van der Waals surface area contributed by atoms with Gasteiger partial charge in [0.1, 0.15) is 5.75 Å². The van der Waals surface area contributed by atoms with Crippen molar-refractivity contribution in [2.45, 2.75) is 52.4 Å². The van der Waals surface area contributed by atoms with E-state index in [0.717, 1.165) is 63.2 Å². The Morgan fingerprint density at radius 3 is 2.70 bits per heavy atom. The lowest BCUT2D eigenvalue weighted by Gasteiger charge is -2.23. The third-order valence-corrected chi connectivity index (χ3v) is 4.22. The van der Waals surface area contributed by atoms with Crippen molar-refractivity contribution in [1.82, 2.24) is 0 Å². The van der Waals surface area contributed by atoms with Crippen molar-refractivity contribution in [3.63, 3.8) is 0 Å². The smallest absolute Gasteiger partial charge is 0.119 e. The Bertz CT molecular complexity index is 508. The first kappa shape index (κ1) is 17.9. The SMILES string of the molecule is CCCOC1=Cc2ccc(OCCCCCCO)cc2CC1C. The molecule has 1 aromatic rings. The summed E-state index contributed by atoms with van der Waals surface area (Å²) in [7, 11) is 0. The van der Waals surface area contributed by atoms with E-state index in [1.807, 2.05) is 0 Å². The van der Waals surface area contributed by atoms with Crippen LogP contribution in [0, 0.1) is 5.92 Å². The largest absolute Gasteiger partial charge is 0.498 e. The zero-order valence-electron chi connectivity index (χ0n) is 14.5. The summed E-state index contributed by atoms with van der Waals surface area (Å²) in [5.74, 6) is 2.50. The molecule has 23 heavy (non-hydrogen) atoms. The van der Waals surface area contributed by atoms with Crippen molar-refractivity contribution < 1.29 is 14.6 Å². The molecule has 1 unspecified atom stereocenters.